The second-order valence-electron chi connectivity index (χ2n) is 9.34. The molecule has 2 aromatic rings. The van der Waals surface area contributed by atoms with E-state index in [0.29, 0.717) is 17.4 Å². The van der Waals surface area contributed by atoms with Gasteiger partial charge >= 0.3 is 0 Å². The van der Waals surface area contributed by atoms with Crippen LogP contribution in [0.15, 0.2) is 30.3 Å². The summed E-state index contributed by atoms with van der Waals surface area (Å²) in [5.41, 5.74) is 1.50. The third kappa shape index (κ3) is 5.88. The fourth-order valence-electron chi connectivity index (χ4n) is 3.50. The van der Waals surface area contributed by atoms with E-state index in [0.717, 1.165) is 43.5 Å². The Bertz CT molecular complexity index is 911. The number of unbranched alkanes of at least 4 members (excludes halogenated alkanes) is 1. The molecule has 1 N–H and O–H groups in total. The van der Waals surface area contributed by atoms with E-state index in [2.05, 4.69) is 33.0 Å². The maximum Gasteiger partial charge on any atom is 0.245 e. The van der Waals surface area contributed by atoms with Crippen LogP contribution >= 0.6 is 11.6 Å². The molecule has 0 saturated heterocycles. The molecular formula is C24H33ClN4O2. The summed E-state index contributed by atoms with van der Waals surface area (Å²) in [6.45, 7) is 9.00. The molecule has 1 heterocycles. The van der Waals surface area contributed by atoms with Crippen molar-refractivity contribution < 1.29 is 9.59 Å². The lowest BCUT2D eigenvalue weighted by Crippen LogP contribution is -2.43. The normalized spacial score (nSPS) is 14.2. The summed E-state index contributed by atoms with van der Waals surface area (Å²) in [5.74, 6) is 0.566. The first-order valence-corrected chi connectivity index (χ1v) is 11.5. The Hall–Kier alpha value is -2.34. The molecule has 168 valence electrons. The topological polar surface area (TPSA) is 67.2 Å². The number of carbonyl (C=O) groups is 2. The van der Waals surface area contributed by atoms with E-state index in [-0.39, 0.29) is 29.7 Å². The van der Waals surface area contributed by atoms with Crippen molar-refractivity contribution in [1.82, 2.24) is 14.7 Å². The number of aromatic nitrogens is 2. The first-order valence-electron chi connectivity index (χ1n) is 11.1. The van der Waals surface area contributed by atoms with Crippen LogP contribution in [-0.4, -0.2) is 39.6 Å². The van der Waals surface area contributed by atoms with Crippen molar-refractivity contribution in [3.8, 4) is 5.69 Å². The first-order chi connectivity index (χ1) is 14.7. The molecular weight excluding hydrogens is 412 g/mol. The molecule has 0 radical (unpaired) electrons. The lowest BCUT2D eigenvalue weighted by atomic mass is 9.84. The van der Waals surface area contributed by atoms with E-state index in [9.17, 15) is 9.59 Å². The average molecular weight is 445 g/mol. The van der Waals surface area contributed by atoms with Gasteiger partial charge in [0.15, 0.2) is 0 Å². The van der Waals surface area contributed by atoms with Crippen molar-refractivity contribution in [1.29, 1.82) is 0 Å². The molecule has 1 fully saturated rings. The predicted octanol–water partition coefficient (Wildman–Crippen LogP) is 5.19. The van der Waals surface area contributed by atoms with Crippen molar-refractivity contribution >= 4 is 29.2 Å². The summed E-state index contributed by atoms with van der Waals surface area (Å²) in [6.07, 6.45) is 4.83. The van der Waals surface area contributed by atoms with Gasteiger partial charge in [0.25, 0.3) is 0 Å². The number of carbonyl (C=O) groups excluding carboxylic acids is 2. The zero-order valence-electron chi connectivity index (χ0n) is 18.9. The van der Waals surface area contributed by atoms with E-state index in [1.807, 2.05) is 18.2 Å². The maximum atomic E-state index is 12.9. The number of hydrogen-bond donors (Lipinski definition) is 1. The van der Waals surface area contributed by atoms with Crippen molar-refractivity contribution in [3.63, 3.8) is 0 Å². The Morgan fingerprint density at radius 1 is 1.23 bits per heavy atom. The Labute approximate surface area is 190 Å². The summed E-state index contributed by atoms with van der Waals surface area (Å²) < 4.78 is 1.72. The molecule has 7 heteroatoms. The van der Waals surface area contributed by atoms with Gasteiger partial charge in [0, 0.05) is 29.0 Å². The number of nitrogens with one attached hydrogen (secondary N) is 1. The molecule has 6 nitrogen and oxygen atoms in total. The van der Waals surface area contributed by atoms with E-state index in [1.165, 1.54) is 0 Å². The van der Waals surface area contributed by atoms with Crippen molar-refractivity contribution in [2.75, 3.05) is 18.4 Å². The van der Waals surface area contributed by atoms with Gasteiger partial charge in [-0.15, -0.1) is 0 Å². The summed E-state index contributed by atoms with van der Waals surface area (Å²) >= 11 is 6.03. The molecule has 0 spiro atoms. The quantitative estimate of drug-likeness (QED) is 0.609. The molecule has 0 unspecified atom stereocenters. The van der Waals surface area contributed by atoms with E-state index < -0.39 is 0 Å². The average Bonchev–Trinajstić information content (AvgIpc) is 3.08. The van der Waals surface area contributed by atoms with Crippen LogP contribution in [0.3, 0.4) is 0 Å². The van der Waals surface area contributed by atoms with Crippen LogP contribution in [0, 0.1) is 5.92 Å². The zero-order chi connectivity index (χ0) is 22.6. The second-order valence-corrected chi connectivity index (χ2v) is 9.78. The number of halogens is 1. The molecule has 31 heavy (non-hydrogen) atoms. The molecule has 0 aliphatic heterocycles. The SMILES string of the molecule is CCCCN(CC(=O)Nc1cc(C(C)(C)C)nn1-c1ccc(Cl)cc1)C(=O)C1CCC1. The summed E-state index contributed by atoms with van der Waals surface area (Å²) in [4.78, 5) is 27.5. The van der Waals surface area contributed by atoms with Crippen LogP contribution in [0.5, 0.6) is 0 Å². The smallest absolute Gasteiger partial charge is 0.245 e. The largest absolute Gasteiger partial charge is 0.333 e. The van der Waals surface area contributed by atoms with E-state index >= 15 is 0 Å². The predicted molar refractivity (Wildman–Crippen MR) is 125 cm³/mol. The summed E-state index contributed by atoms with van der Waals surface area (Å²) in [5, 5.41) is 8.35. The molecule has 1 aliphatic carbocycles. The van der Waals surface area contributed by atoms with Gasteiger partial charge in [-0.25, -0.2) is 4.68 Å². The van der Waals surface area contributed by atoms with Gasteiger partial charge in [0.1, 0.15) is 5.82 Å². The van der Waals surface area contributed by atoms with Crippen LogP contribution in [0.1, 0.15) is 65.5 Å². The second kappa shape index (κ2) is 9.86. The summed E-state index contributed by atoms with van der Waals surface area (Å²) in [7, 11) is 0. The van der Waals surface area contributed by atoms with Crippen LogP contribution < -0.4 is 5.32 Å². The highest BCUT2D eigenvalue weighted by Gasteiger charge is 2.30. The third-order valence-corrected chi connectivity index (χ3v) is 5.95. The minimum absolute atomic E-state index is 0.0615. The Morgan fingerprint density at radius 3 is 2.45 bits per heavy atom. The fourth-order valence-corrected chi connectivity index (χ4v) is 3.63. The highest BCUT2D eigenvalue weighted by Crippen LogP contribution is 2.29. The number of benzene rings is 1. The highest BCUT2D eigenvalue weighted by molar-refractivity contribution is 6.30. The Morgan fingerprint density at radius 2 is 1.90 bits per heavy atom. The van der Waals surface area contributed by atoms with Gasteiger partial charge in [0.2, 0.25) is 11.8 Å². The van der Waals surface area contributed by atoms with Gasteiger partial charge in [-0.3, -0.25) is 9.59 Å². The van der Waals surface area contributed by atoms with Crippen LogP contribution in [0.4, 0.5) is 5.82 Å². The molecule has 1 saturated carbocycles. The van der Waals surface area contributed by atoms with Crippen LogP contribution in [-0.2, 0) is 15.0 Å². The number of rotatable bonds is 8. The molecule has 1 aromatic carbocycles. The fraction of sp³-hybridized carbons (Fsp3) is 0.542. The first kappa shape index (κ1) is 23.3. The van der Waals surface area contributed by atoms with Gasteiger partial charge < -0.3 is 10.2 Å². The maximum absolute atomic E-state index is 12.9. The van der Waals surface area contributed by atoms with Crippen LogP contribution in [0.25, 0.3) is 5.69 Å². The minimum atomic E-state index is -0.209. The molecule has 1 aromatic heterocycles. The lowest BCUT2D eigenvalue weighted by Gasteiger charge is -2.31. The Kier molecular flexibility index (Phi) is 7.42. The van der Waals surface area contributed by atoms with E-state index in [4.69, 9.17) is 16.7 Å². The van der Waals surface area contributed by atoms with Crippen molar-refractivity contribution in [3.05, 3.63) is 41.0 Å². The molecule has 0 bridgehead atoms. The van der Waals surface area contributed by atoms with Gasteiger partial charge in [-0.05, 0) is 43.5 Å². The van der Waals surface area contributed by atoms with Gasteiger partial charge in [-0.2, -0.15) is 5.10 Å². The van der Waals surface area contributed by atoms with E-state index in [1.54, 1.807) is 21.7 Å². The standard InChI is InChI=1S/C24H33ClN4O2/c1-5-6-14-28(23(31)17-8-7-9-17)16-22(30)26-21-15-20(24(2,3)4)27-29(21)19-12-10-18(25)11-13-19/h10-13,15,17H,5-9,14,16H2,1-4H3,(H,26,30). The lowest BCUT2D eigenvalue weighted by molar-refractivity contribution is -0.140. The third-order valence-electron chi connectivity index (χ3n) is 5.70. The molecule has 3 rings (SSSR count). The highest BCUT2D eigenvalue weighted by atomic mass is 35.5. The molecule has 1 aliphatic rings. The zero-order valence-corrected chi connectivity index (χ0v) is 19.7. The van der Waals surface area contributed by atoms with Gasteiger partial charge in [0.05, 0.1) is 17.9 Å². The van der Waals surface area contributed by atoms with Crippen molar-refractivity contribution in [2.45, 2.75) is 65.2 Å². The monoisotopic (exact) mass is 444 g/mol. The Balaban J connectivity index is 1.80. The van der Waals surface area contributed by atoms with Crippen molar-refractivity contribution in [2.24, 2.45) is 5.92 Å². The number of nitrogens with zero attached hydrogens (tertiary/aromatic N) is 3. The molecule has 0 atom stereocenters. The number of hydrogen-bond acceptors (Lipinski definition) is 3. The molecule has 2 amide bonds. The minimum Gasteiger partial charge on any atom is -0.333 e. The number of anilines is 1. The van der Waals surface area contributed by atoms with Gasteiger partial charge in [-0.1, -0.05) is 52.1 Å². The van der Waals surface area contributed by atoms with Crippen LogP contribution in [0.2, 0.25) is 5.02 Å². The summed E-state index contributed by atoms with van der Waals surface area (Å²) in [6, 6.07) is 9.22. The number of amides is 2.